The summed E-state index contributed by atoms with van der Waals surface area (Å²) in [6.07, 6.45) is -0.205. The fourth-order valence-corrected chi connectivity index (χ4v) is 1.47. The van der Waals surface area contributed by atoms with Gasteiger partial charge in [-0.15, -0.1) is 11.6 Å². The first kappa shape index (κ1) is 11.3. The Labute approximate surface area is 91.3 Å². The second-order valence-corrected chi connectivity index (χ2v) is 3.23. The number of benzene rings is 1. The number of nitrogens with zero attached hydrogens (tertiary/aromatic N) is 1. The van der Waals surface area contributed by atoms with E-state index in [-0.39, 0.29) is 23.6 Å². The highest BCUT2D eigenvalue weighted by Gasteiger charge is 2.10. The number of aromatic hydroxyl groups is 1. The average Bonchev–Trinajstić information content (AvgIpc) is 2.15. The van der Waals surface area contributed by atoms with Gasteiger partial charge in [-0.05, 0) is 17.2 Å². The molecule has 2 N–H and O–H groups in total. The van der Waals surface area contributed by atoms with Gasteiger partial charge in [0.1, 0.15) is 11.8 Å². The molecule has 0 fully saturated rings. The van der Waals surface area contributed by atoms with Crippen LogP contribution in [0.25, 0.3) is 0 Å². The van der Waals surface area contributed by atoms with Gasteiger partial charge in [-0.1, -0.05) is 6.07 Å². The quantitative estimate of drug-likeness (QED) is 0.766. The van der Waals surface area contributed by atoms with E-state index >= 15 is 0 Å². The first-order valence-electron chi connectivity index (χ1n) is 4.11. The maximum Gasteiger partial charge on any atom is 0.307 e. The summed E-state index contributed by atoms with van der Waals surface area (Å²) in [5.74, 6) is -1.17. The number of phenolic OH excluding ortho intramolecular Hbond substituents is 1. The van der Waals surface area contributed by atoms with Crippen molar-refractivity contribution >= 4 is 17.6 Å². The zero-order chi connectivity index (χ0) is 11.4. The molecule has 1 aromatic carbocycles. The van der Waals surface area contributed by atoms with Crippen molar-refractivity contribution in [2.75, 3.05) is 0 Å². The Bertz CT molecular complexity index is 437. The Morgan fingerprint density at radius 2 is 2.20 bits per heavy atom. The number of rotatable bonds is 3. The van der Waals surface area contributed by atoms with Crippen molar-refractivity contribution < 1.29 is 15.0 Å². The summed E-state index contributed by atoms with van der Waals surface area (Å²) in [7, 11) is 0. The van der Waals surface area contributed by atoms with Crippen molar-refractivity contribution in [3.05, 3.63) is 28.8 Å². The molecule has 0 saturated heterocycles. The van der Waals surface area contributed by atoms with Crippen molar-refractivity contribution in [1.82, 2.24) is 0 Å². The third-order valence-corrected chi connectivity index (χ3v) is 2.16. The number of carboxylic acid groups (broad SMARTS) is 1. The fraction of sp³-hybridized carbons (Fsp3) is 0.200. The Kier molecular flexibility index (Phi) is 3.53. The van der Waals surface area contributed by atoms with Gasteiger partial charge in [0.05, 0.1) is 12.0 Å². The zero-order valence-electron chi connectivity index (χ0n) is 7.70. The van der Waals surface area contributed by atoms with Gasteiger partial charge in [0, 0.05) is 5.88 Å². The Morgan fingerprint density at radius 3 is 2.67 bits per heavy atom. The second-order valence-electron chi connectivity index (χ2n) is 2.97. The molecule has 5 heteroatoms. The Hall–Kier alpha value is -1.73. The predicted molar refractivity (Wildman–Crippen MR) is 53.7 cm³/mol. The van der Waals surface area contributed by atoms with Crippen molar-refractivity contribution in [3.63, 3.8) is 0 Å². The zero-order valence-corrected chi connectivity index (χ0v) is 8.45. The van der Waals surface area contributed by atoms with Gasteiger partial charge in [0.2, 0.25) is 0 Å². The minimum atomic E-state index is -1.00. The second kappa shape index (κ2) is 4.67. The molecule has 0 aliphatic heterocycles. The number of carbonyl (C=O) groups is 1. The first-order chi connectivity index (χ1) is 7.08. The molecule has 78 valence electrons. The predicted octanol–water partition coefficient (Wildman–Crippen LogP) is 1.63. The SMILES string of the molecule is N#Cc1c(O)cc(CC(=O)O)cc1CCl. The van der Waals surface area contributed by atoms with Crippen LogP contribution in [0.3, 0.4) is 0 Å². The van der Waals surface area contributed by atoms with Crippen LogP contribution < -0.4 is 0 Å². The summed E-state index contributed by atoms with van der Waals surface area (Å²) < 4.78 is 0. The maximum absolute atomic E-state index is 10.5. The van der Waals surface area contributed by atoms with E-state index in [2.05, 4.69) is 0 Å². The lowest BCUT2D eigenvalue weighted by atomic mass is 10.0. The van der Waals surface area contributed by atoms with E-state index in [4.69, 9.17) is 22.0 Å². The van der Waals surface area contributed by atoms with Gasteiger partial charge in [-0.2, -0.15) is 5.26 Å². The number of carboxylic acids is 1. The molecule has 0 saturated carbocycles. The monoisotopic (exact) mass is 225 g/mol. The lowest BCUT2D eigenvalue weighted by Gasteiger charge is -2.05. The normalized spacial score (nSPS) is 9.60. The molecule has 0 spiro atoms. The van der Waals surface area contributed by atoms with Crippen LogP contribution in [-0.2, 0) is 17.1 Å². The van der Waals surface area contributed by atoms with Crippen LogP contribution in [0.2, 0.25) is 0 Å². The molecular weight excluding hydrogens is 218 g/mol. The average molecular weight is 226 g/mol. The van der Waals surface area contributed by atoms with Crippen LogP contribution in [-0.4, -0.2) is 16.2 Å². The van der Waals surface area contributed by atoms with Gasteiger partial charge in [-0.25, -0.2) is 0 Å². The van der Waals surface area contributed by atoms with Crippen molar-refractivity contribution in [2.45, 2.75) is 12.3 Å². The maximum atomic E-state index is 10.5. The number of hydrogen-bond donors (Lipinski definition) is 2. The highest BCUT2D eigenvalue weighted by Crippen LogP contribution is 2.24. The van der Waals surface area contributed by atoms with E-state index in [0.29, 0.717) is 11.1 Å². The van der Waals surface area contributed by atoms with Gasteiger partial charge in [-0.3, -0.25) is 4.79 Å². The minimum absolute atomic E-state index is 0.0594. The lowest BCUT2D eigenvalue weighted by molar-refractivity contribution is -0.136. The molecule has 0 bridgehead atoms. The molecular formula is C10H8ClNO3. The number of phenols is 1. The topological polar surface area (TPSA) is 81.3 Å². The van der Waals surface area contributed by atoms with Crippen molar-refractivity contribution in [1.29, 1.82) is 5.26 Å². The van der Waals surface area contributed by atoms with E-state index < -0.39 is 5.97 Å². The first-order valence-corrected chi connectivity index (χ1v) is 4.64. The molecule has 4 nitrogen and oxygen atoms in total. The molecule has 15 heavy (non-hydrogen) atoms. The highest BCUT2D eigenvalue weighted by atomic mass is 35.5. The standard InChI is InChI=1S/C10H8ClNO3/c11-4-7-1-6(3-10(14)15)2-9(13)8(7)5-12/h1-2,13H,3-4H2,(H,14,15). The lowest BCUT2D eigenvalue weighted by Crippen LogP contribution is -2.01. The van der Waals surface area contributed by atoms with E-state index in [1.54, 1.807) is 0 Å². The molecule has 0 aliphatic carbocycles. The largest absolute Gasteiger partial charge is 0.507 e. The van der Waals surface area contributed by atoms with Crippen LogP contribution in [0.5, 0.6) is 5.75 Å². The Balaban J connectivity index is 3.21. The van der Waals surface area contributed by atoms with E-state index in [0.717, 1.165) is 0 Å². The summed E-state index contributed by atoms with van der Waals surface area (Å²) in [5.41, 5.74) is 0.962. The van der Waals surface area contributed by atoms with Crippen molar-refractivity contribution in [2.24, 2.45) is 0 Å². The molecule has 1 rings (SSSR count). The Morgan fingerprint density at radius 1 is 1.53 bits per heavy atom. The number of aliphatic carboxylic acids is 1. The van der Waals surface area contributed by atoms with Gasteiger partial charge < -0.3 is 10.2 Å². The summed E-state index contributed by atoms with van der Waals surface area (Å²) in [4.78, 5) is 10.5. The van der Waals surface area contributed by atoms with E-state index in [9.17, 15) is 9.90 Å². The number of alkyl halides is 1. The number of nitriles is 1. The molecule has 0 aliphatic rings. The molecule has 1 aromatic rings. The van der Waals surface area contributed by atoms with Crippen LogP contribution in [0.15, 0.2) is 12.1 Å². The van der Waals surface area contributed by atoms with Gasteiger partial charge in [0.25, 0.3) is 0 Å². The van der Waals surface area contributed by atoms with Crippen LogP contribution in [0.4, 0.5) is 0 Å². The van der Waals surface area contributed by atoms with Gasteiger partial charge >= 0.3 is 5.97 Å². The molecule has 0 atom stereocenters. The molecule has 0 unspecified atom stereocenters. The molecule has 0 heterocycles. The summed E-state index contributed by atoms with van der Waals surface area (Å²) in [6, 6.07) is 4.59. The summed E-state index contributed by atoms with van der Waals surface area (Å²) in [5, 5.41) is 26.7. The van der Waals surface area contributed by atoms with Gasteiger partial charge in [0.15, 0.2) is 0 Å². The summed E-state index contributed by atoms with van der Waals surface area (Å²) in [6.45, 7) is 0. The molecule has 0 radical (unpaired) electrons. The molecule has 0 amide bonds. The number of halogens is 1. The minimum Gasteiger partial charge on any atom is -0.507 e. The van der Waals surface area contributed by atoms with E-state index in [1.807, 2.05) is 6.07 Å². The third-order valence-electron chi connectivity index (χ3n) is 1.87. The smallest absolute Gasteiger partial charge is 0.307 e. The highest BCUT2D eigenvalue weighted by molar-refractivity contribution is 6.17. The third kappa shape index (κ3) is 2.61. The van der Waals surface area contributed by atoms with E-state index in [1.165, 1.54) is 12.1 Å². The fourth-order valence-electron chi connectivity index (χ4n) is 1.26. The van der Waals surface area contributed by atoms with Crippen molar-refractivity contribution in [3.8, 4) is 11.8 Å². The summed E-state index contributed by atoms with van der Waals surface area (Å²) >= 11 is 5.58. The number of hydrogen-bond acceptors (Lipinski definition) is 3. The van der Waals surface area contributed by atoms with Crippen LogP contribution in [0, 0.1) is 11.3 Å². The van der Waals surface area contributed by atoms with Crippen LogP contribution in [0.1, 0.15) is 16.7 Å². The molecule has 0 aromatic heterocycles. The van der Waals surface area contributed by atoms with Crippen LogP contribution >= 0.6 is 11.6 Å².